The van der Waals surface area contributed by atoms with Crippen molar-refractivity contribution in [3.8, 4) is 0 Å². The van der Waals surface area contributed by atoms with Crippen LogP contribution in [0.1, 0.15) is 23.2 Å². The predicted octanol–water partition coefficient (Wildman–Crippen LogP) is 2.86. The van der Waals surface area contributed by atoms with Gasteiger partial charge in [0.15, 0.2) is 6.29 Å². The van der Waals surface area contributed by atoms with Gasteiger partial charge in [-0.2, -0.15) is 0 Å². The van der Waals surface area contributed by atoms with Gasteiger partial charge in [0.2, 0.25) is 0 Å². The number of anilines is 1. The van der Waals surface area contributed by atoms with Crippen LogP contribution in [0.2, 0.25) is 0 Å². The van der Waals surface area contributed by atoms with Crippen LogP contribution in [0.3, 0.4) is 0 Å². The molecule has 0 atom stereocenters. The molecule has 0 amide bonds. The van der Waals surface area contributed by atoms with Crippen molar-refractivity contribution in [1.82, 2.24) is 0 Å². The standard InChI is InChI=1S/C11H12BrNO/c12-10-4-3-5-11(9(10)8-14)13-6-1-2-7-13/h3-5,8H,1-2,6-7H2. The summed E-state index contributed by atoms with van der Waals surface area (Å²) in [6.07, 6.45) is 3.38. The molecule has 1 aliphatic heterocycles. The minimum absolute atomic E-state index is 0.773. The summed E-state index contributed by atoms with van der Waals surface area (Å²) >= 11 is 3.40. The van der Waals surface area contributed by atoms with E-state index in [0.717, 1.165) is 35.1 Å². The zero-order valence-electron chi connectivity index (χ0n) is 7.87. The highest BCUT2D eigenvalue weighted by Crippen LogP contribution is 2.28. The largest absolute Gasteiger partial charge is 0.371 e. The number of benzene rings is 1. The highest BCUT2D eigenvalue weighted by Gasteiger charge is 2.16. The van der Waals surface area contributed by atoms with Gasteiger partial charge in [-0.3, -0.25) is 4.79 Å². The first-order chi connectivity index (χ1) is 6.83. The van der Waals surface area contributed by atoms with E-state index < -0.39 is 0 Å². The third-order valence-corrected chi connectivity index (χ3v) is 3.29. The van der Waals surface area contributed by atoms with Crippen LogP contribution in [0, 0.1) is 0 Å². The molecule has 0 radical (unpaired) electrons. The van der Waals surface area contributed by atoms with Crippen molar-refractivity contribution in [3.05, 3.63) is 28.2 Å². The van der Waals surface area contributed by atoms with Gasteiger partial charge in [-0.25, -0.2) is 0 Å². The molecule has 1 aliphatic rings. The normalized spacial score (nSPS) is 15.9. The molecule has 0 aromatic heterocycles. The summed E-state index contributed by atoms with van der Waals surface area (Å²) in [7, 11) is 0. The number of halogens is 1. The van der Waals surface area contributed by atoms with E-state index in [2.05, 4.69) is 20.8 Å². The van der Waals surface area contributed by atoms with Crippen molar-refractivity contribution in [1.29, 1.82) is 0 Å². The average Bonchev–Trinajstić information content (AvgIpc) is 2.70. The molecule has 1 aromatic carbocycles. The van der Waals surface area contributed by atoms with Crippen molar-refractivity contribution in [2.75, 3.05) is 18.0 Å². The fourth-order valence-corrected chi connectivity index (χ4v) is 2.33. The van der Waals surface area contributed by atoms with Crippen LogP contribution in [0.4, 0.5) is 5.69 Å². The van der Waals surface area contributed by atoms with Gasteiger partial charge in [0.25, 0.3) is 0 Å². The molecule has 1 aromatic rings. The zero-order valence-corrected chi connectivity index (χ0v) is 9.46. The fraction of sp³-hybridized carbons (Fsp3) is 0.364. The molecule has 1 saturated heterocycles. The van der Waals surface area contributed by atoms with Gasteiger partial charge in [-0.1, -0.05) is 6.07 Å². The SMILES string of the molecule is O=Cc1c(Br)cccc1N1CCCC1. The molecular weight excluding hydrogens is 242 g/mol. The maximum absolute atomic E-state index is 10.9. The molecule has 0 saturated carbocycles. The summed E-state index contributed by atoms with van der Waals surface area (Å²) < 4.78 is 0.886. The van der Waals surface area contributed by atoms with E-state index in [4.69, 9.17) is 0 Å². The molecule has 1 heterocycles. The van der Waals surface area contributed by atoms with Gasteiger partial charge in [-0.05, 0) is 40.9 Å². The van der Waals surface area contributed by atoms with Crippen LogP contribution in [-0.4, -0.2) is 19.4 Å². The van der Waals surface area contributed by atoms with Gasteiger partial charge >= 0.3 is 0 Å². The maximum atomic E-state index is 10.9. The van der Waals surface area contributed by atoms with Crippen molar-refractivity contribution >= 4 is 27.9 Å². The predicted molar refractivity (Wildman–Crippen MR) is 61.0 cm³/mol. The second-order valence-electron chi connectivity index (χ2n) is 3.48. The lowest BCUT2D eigenvalue weighted by Gasteiger charge is -2.19. The first-order valence-corrected chi connectivity index (χ1v) is 5.61. The minimum atomic E-state index is 0.773. The quantitative estimate of drug-likeness (QED) is 0.756. The Balaban J connectivity index is 2.40. The number of rotatable bonds is 2. The molecule has 2 nitrogen and oxygen atoms in total. The number of nitrogens with zero attached hydrogens (tertiary/aromatic N) is 1. The Bertz CT molecular complexity index is 345. The van der Waals surface area contributed by atoms with E-state index in [1.807, 2.05) is 18.2 Å². The highest BCUT2D eigenvalue weighted by molar-refractivity contribution is 9.10. The van der Waals surface area contributed by atoms with Crippen LogP contribution in [0.5, 0.6) is 0 Å². The molecule has 3 heteroatoms. The van der Waals surface area contributed by atoms with Crippen LogP contribution < -0.4 is 4.90 Å². The van der Waals surface area contributed by atoms with E-state index in [-0.39, 0.29) is 0 Å². The highest BCUT2D eigenvalue weighted by atomic mass is 79.9. The van der Waals surface area contributed by atoms with Crippen molar-refractivity contribution in [3.63, 3.8) is 0 Å². The molecule has 2 rings (SSSR count). The molecule has 74 valence electrons. The molecule has 0 unspecified atom stereocenters. The van der Waals surface area contributed by atoms with Gasteiger partial charge < -0.3 is 4.90 Å². The number of hydrogen-bond acceptors (Lipinski definition) is 2. The van der Waals surface area contributed by atoms with E-state index in [9.17, 15) is 4.79 Å². The van der Waals surface area contributed by atoms with Crippen LogP contribution in [0.25, 0.3) is 0 Å². The number of aldehydes is 1. The molecule has 0 spiro atoms. The molecule has 0 bridgehead atoms. The fourth-order valence-electron chi connectivity index (χ4n) is 1.88. The molecule has 1 fully saturated rings. The third-order valence-electron chi connectivity index (χ3n) is 2.59. The molecule has 0 N–H and O–H groups in total. The lowest BCUT2D eigenvalue weighted by molar-refractivity contribution is 0.112. The van der Waals surface area contributed by atoms with Crippen molar-refractivity contribution in [2.45, 2.75) is 12.8 Å². The minimum Gasteiger partial charge on any atom is -0.371 e. The summed E-state index contributed by atoms with van der Waals surface area (Å²) in [5, 5.41) is 0. The van der Waals surface area contributed by atoms with Crippen molar-refractivity contribution in [2.24, 2.45) is 0 Å². The summed E-state index contributed by atoms with van der Waals surface area (Å²) in [6.45, 7) is 2.13. The molecule has 14 heavy (non-hydrogen) atoms. The van der Waals surface area contributed by atoms with Crippen LogP contribution in [0.15, 0.2) is 22.7 Å². The molecule has 0 aliphatic carbocycles. The Hall–Kier alpha value is -0.830. The Kier molecular flexibility index (Phi) is 2.87. The number of carbonyl (C=O) groups is 1. The van der Waals surface area contributed by atoms with Gasteiger partial charge in [0.1, 0.15) is 0 Å². The second-order valence-corrected chi connectivity index (χ2v) is 4.34. The monoisotopic (exact) mass is 253 g/mol. The van der Waals surface area contributed by atoms with E-state index >= 15 is 0 Å². The second kappa shape index (κ2) is 4.13. The van der Waals surface area contributed by atoms with Crippen molar-refractivity contribution < 1.29 is 4.79 Å². The maximum Gasteiger partial charge on any atom is 0.153 e. The number of carbonyl (C=O) groups excluding carboxylic acids is 1. The van der Waals surface area contributed by atoms with E-state index in [0.29, 0.717) is 0 Å². The average molecular weight is 254 g/mol. The summed E-state index contributed by atoms with van der Waals surface area (Å²) in [4.78, 5) is 13.2. The van der Waals surface area contributed by atoms with Gasteiger partial charge in [0.05, 0.1) is 5.56 Å². The Morgan fingerprint density at radius 3 is 2.64 bits per heavy atom. The third kappa shape index (κ3) is 1.69. The van der Waals surface area contributed by atoms with E-state index in [1.54, 1.807) is 0 Å². The van der Waals surface area contributed by atoms with Crippen LogP contribution >= 0.6 is 15.9 Å². The zero-order chi connectivity index (χ0) is 9.97. The molecular formula is C11H12BrNO. The number of hydrogen-bond donors (Lipinski definition) is 0. The smallest absolute Gasteiger partial charge is 0.153 e. The Labute approximate surface area is 92.0 Å². The summed E-state index contributed by atoms with van der Waals surface area (Å²) in [6, 6.07) is 5.90. The summed E-state index contributed by atoms with van der Waals surface area (Å²) in [5.74, 6) is 0. The van der Waals surface area contributed by atoms with Gasteiger partial charge in [-0.15, -0.1) is 0 Å². The Morgan fingerprint density at radius 2 is 2.00 bits per heavy atom. The van der Waals surface area contributed by atoms with Crippen LogP contribution in [-0.2, 0) is 0 Å². The first kappa shape index (κ1) is 9.71. The Morgan fingerprint density at radius 1 is 1.29 bits per heavy atom. The first-order valence-electron chi connectivity index (χ1n) is 4.81. The lowest BCUT2D eigenvalue weighted by Crippen LogP contribution is -2.19. The topological polar surface area (TPSA) is 20.3 Å². The summed E-state index contributed by atoms with van der Waals surface area (Å²) in [5.41, 5.74) is 1.83. The lowest BCUT2D eigenvalue weighted by atomic mass is 10.2. The van der Waals surface area contributed by atoms with Gasteiger partial charge in [0, 0.05) is 23.2 Å². The van der Waals surface area contributed by atoms with E-state index in [1.165, 1.54) is 12.8 Å².